The van der Waals surface area contributed by atoms with Crippen LogP contribution in [0.3, 0.4) is 0 Å². The molecule has 0 saturated carbocycles. The third-order valence-corrected chi connectivity index (χ3v) is 6.18. The molecule has 5 rings (SSSR count). The molecule has 0 spiro atoms. The zero-order valence-corrected chi connectivity index (χ0v) is 20.7. The van der Waals surface area contributed by atoms with Gasteiger partial charge in [0.2, 0.25) is 0 Å². The minimum absolute atomic E-state index is 0.262. The first-order valence-electron chi connectivity index (χ1n) is 12.1. The molecule has 0 unspecified atom stereocenters. The van der Waals surface area contributed by atoms with Crippen LogP contribution in [0, 0.1) is 6.92 Å². The van der Waals surface area contributed by atoms with Gasteiger partial charge in [-0.2, -0.15) is 0 Å². The quantitative estimate of drug-likeness (QED) is 0.204. The third kappa shape index (κ3) is 6.92. The highest BCUT2D eigenvalue weighted by Crippen LogP contribution is 2.35. The number of benzene rings is 5. The van der Waals surface area contributed by atoms with Crippen molar-refractivity contribution in [3.63, 3.8) is 0 Å². The zero-order chi connectivity index (χ0) is 26.2. The van der Waals surface area contributed by atoms with Crippen molar-refractivity contribution in [2.45, 2.75) is 19.8 Å². The lowest BCUT2D eigenvalue weighted by Crippen LogP contribution is -1.90. The summed E-state index contributed by atoms with van der Waals surface area (Å²) in [4.78, 5) is 0. The second kappa shape index (κ2) is 11.8. The van der Waals surface area contributed by atoms with E-state index in [1.165, 1.54) is 16.7 Å². The SMILES string of the molecule is Cc1cccc(-c2ccc(O)cc2)c1-c1ccc(O)cc1.Oc1ccc(CCc2ccc(O)cc2)cc1. The van der Waals surface area contributed by atoms with Gasteiger partial charge in [0.15, 0.2) is 0 Å². The van der Waals surface area contributed by atoms with Gasteiger partial charge in [0.05, 0.1) is 0 Å². The predicted octanol–water partition coefficient (Wildman–Crippen LogP) is 7.62. The van der Waals surface area contributed by atoms with Crippen LogP contribution >= 0.6 is 0 Å². The van der Waals surface area contributed by atoms with Crippen molar-refractivity contribution in [1.82, 2.24) is 0 Å². The summed E-state index contributed by atoms with van der Waals surface area (Å²) >= 11 is 0. The van der Waals surface area contributed by atoms with Crippen LogP contribution < -0.4 is 0 Å². The number of phenols is 4. The molecule has 0 saturated heterocycles. The van der Waals surface area contributed by atoms with Crippen molar-refractivity contribution in [1.29, 1.82) is 0 Å². The Morgan fingerprint density at radius 2 is 0.811 bits per heavy atom. The zero-order valence-electron chi connectivity index (χ0n) is 20.7. The number of phenolic OH excluding ortho intramolecular Hbond substituents is 4. The van der Waals surface area contributed by atoms with Gasteiger partial charge in [-0.05, 0) is 107 Å². The Morgan fingerprint density at radius 1 is 0.432 bits per heavy atom. The Labute approximate surface area is 217 Å². The molecule has 0 aromatic heterocycles. The molecule has 0 amide bonds. The van der Waals surface area contributed by atoms with Crippen LogP contribution in [-0.4, -0.2) is 20.4 Å². The summed E-state index contributed by atoms with van der Waals surface area (Å²) in [6.45, 7) is 2.08. The normalized spacial score (nSPS) is 10.4. The topological polar surface area (TPSA) is 80.9 Å². The van der Waals surface area contributed by atoms with Crippen molar-refractivity contribution >= 4 is 0 Å². The minimum atomic E-state index is 0.262. The van der Waals surface area contributed by atoms with Crippen LogP contribution in [0.1, 0.15) is 16.7 Å². The molecule has 4 N–H and O–H groups in total. The van der Waals surface area contributed by atoms with Crippen LogP contribution in [0.4, 0.5) is 0 Å². The molecule has 0 aliphatic heterocycles. The van der Waals surface area contributed by atoms with E-state index in [1.54, 1.807) is 48.5 Å². The Bertz CT molecular complexity index is 1380. The van der Waals surface area contributed by atoms with Gasteiger partial charge in [0.1, 0.15) is 23.0 Å². The van der Waals surface area contributed by atoms with E-state index in [2.05, 4.69) is 19.1 Å². The van der Waals surface area contributed by atoms with E-state index in [-0.39, 0.29) is 11.5 Å². The number of hydrogen-bond acceptors (Lipinski definition) is 4. The molecule has 0 aliphatic rings. The molecule has 0 fully saturated rings. The fraction of sp³-hybridized carbons (Fsp3) is 0.0909. The summed E-state index contributed by atoms with van der Waals surface area (Å²) in [5.41, 5.74) is 7.94. The third-order valence-electron chi connectivity index (χ3n) is 6.18. The van der Waals surface area contributed by atoms with Crippen molar-refractivity contribution in [2.24, 2.45) is 0 Å². The van der Waals surface area contributed by atoms with Crippen LogP contribution in [0.15, 0.2) is 115 Å². The van der Waals surface area contributed by atoms with Gasteiger partial charge in [0.25, 0.3) is 0 Å². The molecule has 4 nitrogen and oxygen atoms in total. The molecular weight excluding hydrogens is 460 g/mol. The Hall–Kier alpha value is -4.70. The van der Waals surface area contributed by atoms with Gasteiger partial charge >= 0.3 is 0 Å². The van der Waals surface area contributed by atoms with Gasteiger partial charge < -0.3 is 20.4 Å². The van der Waals surface area contributed by atoms with E-state index in [0.29, 0.717) is 11.5 Å². The fourth-order valence-corrected chi connectivity index (χ4v) is 4.17. The molecule has 186 valence electrons. The summed E-state index contributed by atoms with van der Waals surface area (Å²) in [6.07, 6.45) is 1.87. The monoisotopic (exact) mass is 490 g/mol. The minimum Gasteiger partial charge on any atom is -0.508 e. The lowest BCUT2D eigenvalue weighted by molar-refractivity contribution is 0.474. The van der Waals surface area contributed by atoms with Crippen molar-refractivity contribution in [3.8, 4) is 45.3 Å². The van der Waals surface area contributed by atoms with E-state index in [9.17, 15) is 10.2 Å². The maximum atomic E-state index is 9.46. The van der Waals surface area contributed by atoms with Crippen LogP contribution in [-0.2, 0) is 12.8 Å². The first kappa shape index (κ1) is 25.4. The molecule has 0 heterocycles. The maximum Gasteiger partial charge on any atom is 0.115 e. The van der Waals surface area contributed by atoms with Gasteiger partial charge in [0, 0.05) is 0 Å². The molecular formula is C33H30O4. The Balaban J connectivity index is 0.000000180. The van der Waals surface area contributed by atoms with Gasteiger partial charge in [-0.15, -0.1) is 0 Å². The smallest absolute Gasteiger partial charge is 0.115 e. The first-order chi connectivity index (χ1) is 17.9. The highest BCUT2D eigenvalue weighted by molar-refractivity contribution is 5.85. The Morgan fingerprint density at radius 3 is 1.24 bits per heavy atom. The summed E-state index contributed by atoms with van der Waals surface area (Å²) in [5.74, 6) is 1.12. The van der Waals surface area contributed by atoms with Crippen LogP contribution in [0.2, 0.25) is 0 Å². The van der Waals surface area contributed by atoms with Crippen molar-refractivity contribution in [3.05, 3.63) is 132 Å². The maximum absolute atomic E-state index is 9.46. The second-order valence-electron chi connectivity index (χ2n) is 8.92. The van der Waals surface area contributed by atoms with Crippen molar-refractivity contribution in [2.75, 3.05) is 0 Å². The average molecular weight is 491 g/mol. The lowest BCUT2D eigenvalue weighted by atomic mass is 9.91. The Kier molecular flexibility index (Phi) is 8.11. The van der Waals surface area contributed by atoms with Gasteiger partial charge in [-0.3, -0.25) is 0 Å². The average Bonchev–Trinajstić information content (AvgIpc) is 2.91. The van der Waals surface area contributed by atoms with E-state index in [4.69, 9.17) is 10.2 Å². The van der Waals surface area contributed by atoms with Gasteiger partial charge in [-0.25, -0.2) is 0 Å². The molecule has 5 aromatic carbocycles. The number of aryl methyl sites for hydroxylation is 3. The summed E-state index contributed by atoms with van der Waals surface area (Å²) in [7, 11) is 0. The molecule has 5 aromatic rings. The molecule has 0 aliphatic carbocycles. The van der Waals surface area contributed by atoms with Gasteiger partial charge in [-0.1, -0.05) is 66.7 Å². The highest BCUT2D eigenvalue weighted by Gasteiger charge is 2.10. The number of rotatable bonds is 5. The van der Waals surface area contributed by atoms with E-state index in [1.807, 2.05) is 54.6 Å². The van der Waals surface area contributed by atoms with Crippen LogP contribution in [0.5, 0.6) is 23.0 Å². The van der Waals surface area contributed by atoms with E-state index < -0.39 is 0 Å². The standard InChI is InChI=1S/C19H16O2.C14H14O2/c1-13-3-2-4-18(14-5-9-16(20)10-6-14)19(13)15-7-11-17(21)12-8-15;15-13-7-3-11(4-8-13)1-2-12-5-9-14(16)10-6-12/h2-12,20-21H,1H3;3-10,15-16H,1-2H2. The molecule has 0 radical (unpaired) electrons. The van der Waals surface area contributed by atoms with E-state index in [0.717, 1.165) is 35.1 Å². The van der Waals surface area contributed by atoms with Crippen LogP contribution in [0.25, 0.3) is 22.3 Å². The molecule has 0 bridgehead atoms. The number of aromatic hydroxyl groups is 4. The van der Waals surface area contributed by atoms with E-state index >= 15 is 0 Å². The summed E-state index contributed by atoms with van der Waals surface area (Å²) in [5, 5.41) is 37.2. The largest absolute Gasteiger partial charge is 0.508 e. The number of hydrogen-bond donors (Lipinski definition) is 4. The highest BCUT2D eigenvalue weighted by atomic mass is 16.3. The molecule has 37 heavy (non-hydrogen) atoms. The lowest BCUT2D eigenvalue weighted by Gasteiger charge is -2.13. The first-order valence-corrected chi connectivity index (χ1v) is 12.1. The molecule has 4 heteroatoms. The molecule has 0 atom stereocenters. The second-order valence-corrected chi connectivity index (χ2v) is 8.92. The fourth-order valence-electron chi connectivity index (χ4n) is 4.17. The summed E-state index contributed by atoms with van der Waals surface area (Å²) < 4.78 is 0. The van der Waals surface area contributed by atoms with Crippen molar-refractivity contribution < 1.29 is 20.4 Å². The predicted molar refractivity (Wildman–Crippen MR) is 149 cm³/mol. The summed E-state index contributed by atoms with van der Waals surface area (Å²) in [6, 6.07) is 35.1.